The zero-order valence-electron chi connectivity index (χ0n) is 16.8. The highest BCUT2D eigenvalue weighted by molar-refractivity contribution is 8.13. The van der Waals surface area contributed by atoms with Crippen molar-refractivity contribution in [2.75, 3.05) is 32.3 Å². The molecule has 0 saturated carbocycles. The number of methoxy groups -OCH3 is 2. The Bertz CT molecular complexity index is 862. The van der Waals surface area contributed by atoms with Crippen molar-refractivity contribution in [3.05, 3.63) is 18.2 Å². The average molecular weight is 436 g/mol. The van der Waals surface area contributed by atoms with E-state index < -0.39 is 6.04 Å². The van der Waals surface area contributed by atoms with Crippen LogP contribution in [0.2, 0.25) is 0 Å². The number of carbonyl (C=O) groups excluding carboxylic acids is 2. The second-order valence-electron chi connectivity index (χ2n) is 7.39. The molecule has 9 heteroatoms. The van der Waals surface area contributed by atoms with Crippen LogP contribution >= 0.6 is 23.5 Å². The van der Waals surface area contributed by atoms with Gasteiger partial charge in [0.1, 0.15) is 23.2 Å². The lowest BCUT2D eigenvalue weighted by Crippen LogP contribution is -2.53. The van der Waals surface area contributed by atoms with E-state index >= 15 is 0 Å². The number of hydrogen-bond acceptors (Lipinski definition) is 7. The van der Waals surface area contributed by atoms with E-state index in [0.717, 1.165) is 18.6 Å². The summed E-state index contributed by atoms with van der Waals surface area (Å²) in [4.78, 5) is 34.0. The third-order valence-corrected chi connectivity index (χ3v) is 8.15. The first-order valence-corrected chi connectivity index (χ1v) is 11.6. The summed E-state index contributed by atoms with van der Waals surface area (Å²) in [6.45, 7) is 2.67. The van der Waals surface area contributed by atoms with Gasteiger partial charge in [-0.3, -0.25) is 14.5 Å². The minimum atomic E-state index is -0.420. The van der Waals surface area contributed by atoms with Gasteiger partial charge in [0.05, 0.1) is 19.1 Å². The number of aliphatic imine (C=N–C) groups is 1. The summed E-state index contributed by atoms with van der Waals surface area (Å²) >= 11 is 3.27. The highest BCUT2D eigenvalue weighted by atomic mass is 32.2. The van der Waals surface area contributed by atoms with Crippen molar-refractivity contribution in [1.29, 1.82) is 0 Å². The molecule has 7 nitrogen and oxygen atoms in total. The van der Waals surface area contributed by atoms with E-state index in [1.54, 1.807) is 54.8 Å². The highest BCUT2D eigenvalue weighted by Crippen LogP contribution is 2.47. The number of hydrogen-bond donors (Lipinski definition) is 0. The molecule has 0 bridgehead atoms. The van der Waals surface area contributed by atoms with Gasteiger partial charge in [-0.15, -0.1) is 11.8 Å². The molecule has 2 amide bonds. The first-order valence-electron chi connectivity index (χ1n) is 9.68. The maximum Gasteiger partial charge on any atom is 0.252 e. The fourth-order valence-corrected chi connectivity index (χ4v) is 6.41. The fraction of sp³-hybridized carbons (Fsp3) is 0.550. The van der Waals surface area contributed by atoms with Crippen LogP contribution in [0.25, 0.3) is 0 Å². The van der Waals surface area contributed by atoms with Gasteiger partial charge in [0.2, 0.25) is 5.91 Å². The van der Waals surface area contributed by atoms with Gasteiger partial charge in [0, 0.05) is 30.5 Å². The van der Waals surface area contributed by atoms with Gasteiger partial charge >= 0.3 is 0 Å². The molecule has 29 heavy (non-hydrogen) atoms. The topological polar surface area (TPSA) is 71.4 Å². The smallest absolute Gasteiger partial charge is 0.252 e. The maximum atomic E-state index is 13.5. The van der Waals surface area contributed by atoms with Crippen molar-refractivity contribution in [3.8, 4) is 11.5 Å². The predicted molar refractivity (Wildman–Crippen MR) is 116 cm³/mol. The van der Waals surface area contributed by atoms with Gasteiger partial charge in [-0.2, -0.15) is 0 Å². The molecule has 3 aliphatic rings. The minimum absolute atomic E-state index is 0.0377. The molecule has 3 heterocycles. The van der Waals surface area contributed by atoms with Crippen molar-refractivity contribution < 1.29 is 19.1 Å². The van der Waals surface area contributed by atoms with Crippen molar-refractivity contribution in [1.82, 2.24) is 9.80 Å². The maximum absolute atomic E-state index is 13.5. The molecule has 1 aromatic rings. The van der Waals surface area contributed by atoms with Gasteiger partial charge in [-0.1, -0.05) is 11.8 Å². The molecule has 3 aliphatic heterocycles. The number of ether oxygens (including phenoxy) is 2. The standard InChI is InChI=1S/C20H25N3O4S2/c1-20-8-7-17(24)23(20)15(12-29-20)18(25)22-9-4-10-28-19(22)21-14-11-13(26-2)5-6-16(14)27-3/h5-6,11,15H,4,7-10,12H2,1-3H3/t15-,20-/m0/s1. The van der Waals surface area contributed by atoms with E-state index in [-0.39, 0.29) is 16.7 Å². The van der Waals surface area contributed by atoms with E-state index in [1.807, 2.05) is 11.0 Å². The zero-order chi connectivity index (χ0) is 20.6. The quantitative estimate of drug-likeness (QED) is 0.724. The molecule has 0 unspecified atom stereocenters. The minimum Gasteiger partial charge on any atom is -0.497 e. The summed E-state index contributed by atoms with van der Waals surface area (Å²) in [5.74, 6) is 2.87. The van der Waals surface area contributed by atoms with E-state index in [4.69, 9.17) is 14.5 Å². The van der Waals surface area contributed by atoms with Crippen molar-refractivity contribution in [2.24, 2.45) is 4.99 Å². The molecule has 3 saturated heterocycles. The molecule has 0 spiro atoms. The largest absolute Gasteiger partial charge is 0.497 e. The number of fused-ring (bicyclic) bond motifs is 1. The first-order chi connectivity index (χ1) is 14.0. The first kappa shape index (κ1) is 20.4. The van der Waals surface area contributed by atoms with Crippen LogP contribution in [0, 0.1) is 0 Å². The van der Waals surface area contributed by atoms with Crippen LogP contribution < -0.4 is 9.47 Å². The van der Waals surface area contributed by atoms with Crippen LogP contribution in [-0.4, -0.2) is 70.0 Å². The van der Waals surface area contributed by atoms with Crippen molar-refractivity contribution >= 4 is 46.2 Å². The summed E-state index contributed by atoms with van der Waals surface area (Å²) in [6.07, 6.45) is 2.22. The van der Waals surface area contributed by atoms with Gasteiger partial charge in [-0.25, -0.2) is 4.99 Å². The lowest BCUT2D eigenvalue weighted by molar-refractivity contribution is -0.141. The molecule has 3 fully saturated rings. The molecule has 0 N–H and O–H groups in total. The van der Waals surface area contributed by atoms with Gasteiger partial charge in [-0.05, 0) is 31.9 Å². The van der Waals surface area contributed by atoms with Crippen LogP contribution in [0.1, 0.15) is 26.2 Å². The van der Waals surface area contributed by atoms with E-state index in [9.17, 15) is 9.59 Å². The summed E-state index contributed by atoms with van der Waals surface area (Å²) in [6, 6.07) is 5.00. The van der Waals surface area contributed by atoms with Crippen LogP contribution in [0.5, 0.6) is 11.5 Å². The molecule has 1 aromatic carbocycles. The number of rotatable bonds is 4. The Morgan fingerprint density at radius 2 is 2.14 bits per heavy atom. The normalized spacial score (nSPS) is 28.0. The fourth-order valence-electron chi connectivity index (χ4n) is 4.03. The monoisotopic (exact) mass is 435 g/mol. The predicted octanol–water partition coefficient (Wildman–Crippen LogP) is 3.11. The van der Waals surface area contributed by atoms with Gasteiger partial charge in [0.25, 0.3) is 5.91 Å². The average Bonchev–Trinajstić information content (AvgIpc) is 3.23. The molecule has 2 atom stereocenters. The Balaban J connectivity index is 1.64. The number of thioether (sulfide) groups is 2. The van der Waals surface area contributed by atoms with Gasteiger partial charge < -0.3 is 14.4 Å². The van der Waals surface area contributed by atoms with E-state index in [0.29, 0.717) is 41.1 Å². The lowest BCUT2D eigenvalue weighted by atomic mass is 10.2. The summed E-state index contributed by atoms with van der Waals surface area (Å²) in [5.41, 5.74) is 0.622. The molecule has 156 valence electrons. The molecule has 0 aromatic heterocycles. The lowest BCUT2D eigenvalue weighted by Gasteiger charge is -2.34. The molecule has 0 aliphatic carbocycles. The van der Waals surface area contributed by atoms with Crippen LogP contribution in [0.3, 0.4) is 0 Å². The molecular formula is C20H25N3O4S2. The van der Waals surface area contributed by atoms with Gasteiger partial charge in [0.15, 0.2) is 5.17 Å². The van der Waals surface area contributed by atoms with E-state index in [2.05, 4.69) is 6.92 Å². The second kappa shape index (κ2) is 8.10. The number of nitrogens with zero attached hydrogens (tertiary/aromatic N) is 3. The third-order valence-electron chi connectivity index (χ3n) is 5.59. The number of amides is 2. The second-order valence-corrected chi connectivity index (χ2v) is 9.95. The summed E-state index contributed by atoms with van der Waals surface area (Å²) in [5, 5.41) is 0.651. The third kappa shape index (κ3) is 3.70. The van der Waals surface area contributed by atoms with Crippen molar-refractivity contribution in [3.63, 3.8) is 0 Å². The Morgan fingerprint density at radius 3 is 2.90 bits per heavy atom. The highest BCUT2D eigenvalue weighted by Gasteiger charge is 2.54. The Kier molecular flexibility index (Phi) is 5.70. The molecule has 0 radical (unpaired) electrons. The Hall–Kier alpha value is -1.87. The summed E-state index contributed by atoms with van der Waals surface area (Å²) in [7, 11) is 3.20. The molecule has 4 rings (SSSR count). The van der Waals surface area contributed by atoms with Crippen molar-refractivity contribution in [2.45, 2.75) is 37.1 Å². The van der Waals surface area contributed by atoms with Crippen LogP contribution in [-0.2, 0) is 9.59 Å². The number of amidine groups is 1. The number of benzene rings is 1. The molecular weight excluding hydrogens is 410 g/mol. The SMILES string of the molecule is COc1ccc(OC)c(N=C2SCCCN2C(=O)[C@@H]2CS[C@@]3(C)CCC(=O)N23)c1. The number of carbonyl (C=O) groups is 2. The Morgan fingerprint density at radius 1 is 1.31 bits per heavy atom. The summed E-state index contributed by atoms with van der Waals surface area (Å²) < 4.78 is 10.7. The zero-order valence-corrected chi connectivity index (χ0v) is 18.5. The van der Waals surface area contributed by atoms with Crippen LogP contribution in [0.15, 0.2) is 23.2 Å². The van der Waals surface area contributed by atoms with E-state index in [1.165, 1.54) is 0 Å². The van der Waals surface area contributed by atoms with Crippen LogP contribution in [0.4, 0.5) is 5.69 Å². The Labute approximate surface area is 179 Å².